The third-order valence-electron chi connectivity index (χ3n) is 5.29. The van der Waals surface area contributed by atoms with Gasteiger partial charge in [0.25, 0.3) is 5.56 Å². The molecular formula is C21H28N4O2. The first-order valence-corrected chi connectivity index (χ1v) is 9.77. The smallest absolute Gasteiger partial charge is 0.269 e. The lowest BCUT2D eigenvalue weighted by molar-refractivity contribution is -0.125. The highest BCUT2D eigenvalue weighted by Crippen LogP contribution is 2.22. The van der Waals surface area contributed by atoms with Crippen molar-refractivity contribution >= 4 is 11.6 Å². The summed E-state index contributed by atoms with van der Waals surface area (Å²) in [6, 6.07) is 11.7. The van der Waals surface area contributed by atoms with E-state index in [2.05, 4.69) is 29.2 Å². The number of carbonyl (C=O) groups is 1. The van der Waals surface area contributed by atoms with Gasteiger partial charge in [-0.3, -0.25) is 9.59 Å². The van der Waals surface area contributed by atoms with Crippen LogP contribution in [0.15, 0.2) is 47.4 Å². The summed E-state index contributed by atoms with van der Waals surface area (Å²) >= 11 is 0. The van der Waals surface area contributed by atoms with Crippen LogP contribution < -0.4 is 15.8 Å². The van der Waals surface area contributed by atoms with Gasteiger partial charge in [-0.05, 0) is 24.8 Å². The van der Waals surface area contributed by atoms with Crippen LogP contribution in [0.25, 0.3) is 0 Å². The maximum Gasteiger partial charge on any atom is 0.269 e. The quantitative estimate of drug-likeness (QED) is 0.815. The molecule has 1 aromatic carbocycles. The van der Waals surface area contributed by atoms with Gasteiger partial charge in [-0.25, -0.2) is 4.68 Å². The number of benzene rings is 1. The normalized spacial score (nSPS) is 16.7. The molecule has 0 spiro atoms. The van der Waals surface area contributed by atoms with Gasteiger partial charge in [0.15, 0.2) is 0 Å². The molecular weight excluding hydrogens is 340 g/mol. The molecule has 1 saturated heterocycles. The third-order valence-corrected chi connectivity index (χ3v) is 5.29. The predicted octanol–water partition coefficient (Wildman–Crippen LogP) is 2.42. The molecule has 3 rings (SSSR count). The monoisotopic (exact) mass is 368 g/mol. The maximum absolute atomic E-state index is 12.5. The second-order valence-corrected chi connectivity index (χ2v) is 7.15. The van der Waals surface area contributed by atoms with E-state index < -0.39 is 0 Å². The molecule has 1 N–H and O–H groups in total. The van der Waals surface area contributed by atoms with E-state index in [1.807, 2.05) is 30.3 Å². The van der Waals surface area contributed by atoms with E-state index in [1.54, 1.807) is 12.3 Å². The molecule has 1 unspecified atom stereocenters. The Morgan fingerprint density at radius 3 is 2.67 bits per heavy atom. The second-order valence-electron chi connectivity index (χ2n) is 7.15. The van der Waals surface area contributed by atoms with Crippen molar-refractivity contribution in [2.75, 3.05) is 18.0 Å². The average molecular weight is 368 g/mol. The number of nitrogens with one attached hydrogen (secondary N) is 1. The fraction of sp³-hybridized carbons (Fsp3) is 0.476. The van der Waals surface area contributed by atoms with Gasteiger partial charge >= 0.3 is 0 Å². The summed E-state index contributed by atoms with van der Waals surface area (Å²) in [6.45, 7) is 6.04. The lowest BCUT2D eigenvalue weighted by Crippen LogP contribution is -2.39. The number of rotatable bonds is 7. The first-order chi connectivity index (χ1) is 13.1. The molecule has 1 amide bonds. The summed E-state index contributed by atoms with van der Waals surface area (Å²) in [7, 11) is 0. The van der Waals surface area contributed by atoms with Crippen LogP contribution in [0.2, 0.25) is 0 Å². The molecule has 6 heteroatoms. The van der Waals surface area contributed by atoms with Gasteiger partial charge in [0, 0.05) is 25.2 Å². The number of carbonyl (C=O) groups excluding carboxylic acids is 1. The van der Waals surface area contributed by atoms with Crippen molar-refractivity contribution in [1.29, 1.82) is 0 Å². The molecule has 0 radical (unpaired) electrons. The zero-order valence-corrected chi connectivity index (χ0v) is 16.1. The van der Waals surface area contributed by atoms with Crippen molar-refractivity contribution in [3.63, 3.8) is 0 Å². The Morgan fingerprint density at radius 1 is 1.26 bits per heavy atom. The Balaban J connectivity index is 1.63. The van der Waals surface area contributed by atoms with Crippen LogP contribution in [0.3, 0.4) is 0 Å². The topological polar surface area (TPSA) is 67.2 Å². The van der Waals surface area contributed by atoms with Crippen LogP contribution in [-0.4, -0.2) is 34.8 Å². The van der Waals surface area contributed by atoms with Crippen LogP contribution >= 0.6 is 0 Å². The van der Waals surface area contributed by atoms with Gasteiger partial charge in [0.1, 0.15) is 0 Å². The number of hydrogen-bond acceptors (Lipinski definition) is 4. The van der Waals surface area contributed by atoms with E-state index in [0.29, 0.717) is 13.1 Å². The standard InChI is InChI=1S/C21H28N4O2/c1-3-18(4-2)23-21(27)17-10-11-24(15-17)19-12-20(26)25(22-13-19)14-16-8-6-5-7-9-16/h5-9,12-13,17-18H,3-4,10-11,14-15H2,1-2H3,(H,23,27). The van der Waals surface area contributed by atoms with Crippen LogP contribution in [0, 0.1) is 5.92 Å². The molecule has 1 aliphatic heterocycles. The van der Waals surface area contributed by atoms with Crippen LogP contribution in [0.5, 0.6) is 0 Å². The zero-order chi connectivity index (χ0) is 19.2. The van der Waals surface area contributed by atoms with Gasteiger partial charge in [-0.15, -0.1) is 0 Å². The fourth-order valence-corrected chi connectivity index (χ4v) is 3.49. The van der Waals surface area contributed by atoms with Gasteiger partial charge in [0.2, 0.25) is 5.91 Å². The number of anilines is 1. The first-order valence-electron chi connectivity index (χ1n) is 9.77. The predicted molar refractivity (Wildman–Crippen MR) is 107 cm³/mol. The van der Waals surface area contributed by atoms with Gasteiger partial charge in [-0.2, -0.15) is 5.10 Å². The van der Waals surface area contributed by atoms with Crippen molar-refractivity contribution < 1.29 is 4.79 Å². The Bertz CT molecular complexity index is 814. The third kappa shape index (κ3) is 4.76. The summed E-state index contributed by atoms with van der Waals surface area (Å²) in [4.78, 5) is 27.0. The highest BCUT2D eigenvalue weighted by molar-refractivity contribution is 5.80. The SMILES string of the molecule is CCC(CC)NC(=O)C1CCN(c2cnn(Cc3ccccc3)c(=O)c2)C1. The van der Waals surface area contributed by atoms with Crippen LogP contribution in [0.4, 0.5) is 5.69 Å². The van der Waals surface area contributed by atoms with Crippen molar-refractivity contribution in [1.82, 2.24) is 15.1 Å². The largest absolute Gasteiger partial charge is 0.369 e. The number of amides is 1. The summed E-state index contributed by atoms with van der Waals surface area (Å²) in [5.74, 6) is 0.0916. The molecule has 0 aliphatic carbocycles. The average Bonchev–Trinajstić information content (AvgIpc) is 3.18. The van der Waals surface area contributed by atoms with E-state index in [4.69, 9.17) is 0 Å². The van der Waals surface area contributed by atoms with E-state index in [0.717, 1.165) is 37.1 Å². The highest BCUT2D eigenvalue weighted by atomic mass is 16.2. The molecule has 6 nitrogen and oxygen atoms in total. The van der Waals surface area contributed by atoms with E-state index in [9.17, 15) is 9.59 Å². The molecule has 1 aliphatic rings. The molecule has 1 atom stereocenters. The molecule has 0 saturated carbocycles. The maximum atomic E-state index is 12.5. The second kappa shape index (κ2) is 8.84. The Kier molecular flexibility index (Phi) is 6.27. The minimum atomic E-state index is -0.124. The zero-order valence-electron chi connectivity index (χ0n) is 16.1. The molecule has 1 fully saturated rings. The molecule has 2 heterocycles. The van der Waals surface area contributed by atoms with Gasteiger partial charge in [-0.1, -0.05) is 44.2 Å². The lowest BCUT2D eigenvalue weighted by Gasteiger charge is -2.20. The Morgan fingerprint density at radius 2 is 2.00 bits per heavy atom. The van der Waals surface area contributed by atoms with E-state index in [1.165, 1.54) is 4.68 Å². The van der Waals surface area contributed by atoms with Crippen LogP contribution in [-0.2, 0) is 11.3 Å². The lowest BCUT2D eigenvalue weighted by atomic mass is 10.1. The Labute approximate surface area is 160 Å². The van der Waals surface area contributed by atoms with Crippen LogP contribution in [0.1, 0.15) is 38.7 Å². The number of hydrogen-bond donors (Lipinski definition) is 1. The summed E-state index contributed by atoms with van der Waals surface area (Å²) < 4.78 is 1.46. The first kappa shape index (κ1) is 19.1. The van der Waals surface area contributed by atoms with E-state index in [-0.39, 0.29) is 23.4 Å². The molecule has 144 valence electrons. The molecule has 2 aromatic rings. The fourth-order valence-electron chi connectivity index (χ4n) is 3.49. The minimum absolute atomic E-state index is 0.0302. The minimum Gasteiger partial charge on any atom is -0.369 e. The number of nitrogens with zero attached hydrogens (tertiary/aromatic N) is 3. The summed E-state index contributed by atoms with van der Waals surface area (Å²) in [6.07, 6.45) is 4.43. The molecule has 0 bridgehead atoms. The number of aromatic nitrogens is 2. The molecule has 27 heavy (non-hydrogen) atoms. The van der Waals surface area contributed by atoms with Crippen molar-refractivity contribution in [3.8, 4) is 0 Å². The van der Waals surface area contributed by atoms with Crippen molar-refractivity contribution in [2.24, 2.45) is 5.92 Å². The van der Waals surface area contributed by atoms with E-state index >= 15 is 0 Å². The molecule has 1 aromatic heterocycles. The van der Waals surface area contributed by atoms with Crippen molar-refractivity contribution in [2.45, 2.75) is 45.7 Å². The highest BCUT2D eigenvalue weighted by Gasteiger charge is 2.29. The van der Waals surface area contributed by atoms with Crippen molar-refractivity contribution in [3.05, 3.63) is 58.5 Å². The summed E-state index contributed by atoms with van der Waals surface area (Å²) in [5, 5.41) is 7.46. The Hall–Kier alpha value is -2.63. The van der Waals surface area contributed by atoms with Gasteiger partial charge < -0.3 is 10.2 Å². The summed E-state index contributed by atoms with van der Waals surface area (Å²) in [5.41, 5.74) is 1.71. The van der Waals surface area contributed by atoms with Gasteiger partial charge in [0.05, 0.1) is 24.3 Å².